The number of amides is 2. The summed E-state index contributed by atoms with van der Waals surface area (Å²) >= 11 is 7.44. The van der Waals surface area contributed by atoms with Gasteiger partial charge in [-0.15, -0.1) is 11.3 Å². The van der Waals surface area contributed by atoms with Gasteiger partial charge in [0.2, 0.25) is 0 Å². The number of hydrogen-bond donors (Lipinski definition) is 1. The van der Waals surface area contributed by atoms with Gasteiger partial charge in [-0.3, -0.25) is 9.59 Å². The average molecular weight is 441 g/mol. The van der Waals surface area contributed by atoms with Gasteiger partial charge in [0.05, 0.1) is 21.2 Å². The quantitative estimate of drug-likeness (QED) is 0.596. The van der Waals surface area contributed by atoms with Crippen LogP contribution in [-0.2, 0) is 16.0 Å². The molecule has 1 aliphatic heterocycles. The van der Waals surface area contributed by atoms with Crippen molar-refractivity contribution < 1.29 is 19.1 Å². The summed E-state index contributed by atoms with van der Waals surface area (Å²) in [5, 5.41) is 4.77. The maximum absolute atomic E-state index is 12.5. The predicted molar refractivity (Wildman–Crippen MR) is 117 cm³/mol. The van der Waals surface area contributed by atoms with Crippen molar-refractivity contribution in [3.05, 3.63) is 81.0 Å². The Hall–Kier alpha value is -3.16. The smallest absolute Gasteiger partial charge is 0.338 e. The van der Waals surface area contributed by atoms with Crippen molar-refractivity contribution in [3.8, 4) is 0 Å². The molecule has 6 nitrogen and oxygen atoms in total. The van der Waals surface area contributed by atoms with E-state index in [1.165, 1.54) is 29.5 Å². The molecule has 0 atom stereocenters. The predicted octanol–water partition coefficient (Wildman–Crippen LogP) is 4.40. The normalized spacial score (nSPS) is 12.4. The number of thiophene rings is 1. The van der Waals surface area contributed by atoms with Crippen LogP contribution < -0.4 is 10.2 Å². The summed E-state index contributed by atoms with van der Waals surface area (Å²) in [5.74, 6) is -1.27. The summed E-state index contributed by atoms with van der Waals surface area (Å²) in [5.41, 5.74) is 2.43. The van der Waals surface area contributed by atoms with E-state index in [0.717, 1.165) is 17.7 Å². The molecule has 2 amide bonds. The molecular formula is C22H17ClN2O4S. The number of benzene rings is 2. The first-order valence-electron chi connectivity index (χ1n) is 9.23. The van der Waals surface area contributed by atoms with Crippen molar-refractivity contribution in [2.24, 2.45) is 0 Å². The van der Waals surface area contributed by atoms with Gasteiger partial charge in [0.1, 0.15) is 0 Å². The van der Waals surface area contributed by atoms with Gasteiger partial charge in [-0.2, -0.15) is 0 Å². The molecule has 1 N–H and O–H groups in total. The molecule has 0 saturated carbocycles. The van der Waals surface area contributed by atoms with Crippen LogP contribution in [0.15, 0.2) is 60.0 Å². The molecule has 0 unspecified atom stereocenters. The van der Waals surface area contributed by atoms with E-state index < -0.39 is 5.97 Å². The Morgan fingerprint density at radius 2 is 1.93 bits per heavy atom. The lowest BCUT2D eigenvalue weighted by Crippen LogP contribution is -2.33. The Morgan fingerprint density at radius 1 is 1.10 bits per heavy atom. The number of anilines is 2. The minimum absolute atomic E-state index is 0.190. The zero-order chi connectivity index (χ0) is 21.1. The van der Waals surface area contributed by atoms with Crippen LogP contribution in [0.5, 0.6) is 0 Å². The van der Waals surface area contributed by atoms with Gasteiger partial charge >= 0.3 is 5.97 Å². The Labute approximate surface area is 182 Å². The third-order valence-corrected chi connectivity index (χ3v) is 5.91. The summed E-state index contributed by atoms with van der Waals surface area (Å²) < 4.78 is 5.21. The number of nitrogens with one attached hydrogen (secondary N) is 1. The topological polar surface area (TPSA) is 75.7 Å². The number of esters is 1. The third kappa shape index (κ3) is 4.22. The van der Waals surface area contributed by atoms with Gasteiger partial charge in [0.15, 0.2) is 6.61 Å². The van der Waals surface area contributed by atoms with Crippen LogP contribution in [0.25, 0.3) is 0 Å². The fourth-order valence-corrected chi connectivity index (χ4v) is 4.01. The Morgan fingerprint density at radius 3 is 2.73 bits per heavy atom. The van der Waals surface area contributed by atoms with Crippen LogP contribution in [0.4, 0.5) is 11.4 Å². The zero-order valence-electron chi connectivity index (χ0n) is 15.8. The molecule has 3 aromatic rings. The lowest BCUT2D eigenvalue weighted by atomic mass is 10.2. The van der Waals surface area contributed by atoms with E-state index in [1.54, 1.807) is 22.4 Å². The first-order chi connectivity index (χ1) is 14.5. The summed E-state index contributed by atoms with van der Waals surface area (Å²) in [6.45, 7) is 0.197. The Bertz CT molecular complexity index is 1110. The van der Waals surface area contributed by atoms with Crippen LogP contribution >= 0.6 is 22.9 Å². The van der Waals surface area contributed by atoms with Crippen molar-refractivity contribution in [1.29, 1.82) is 0 Å². The number of carbonyl (C=O) groups excluding carboxylic acids is 3. The summed E-state index contributed by atoms with van der Waals surface area (Å²) in [6.07, 6.45) is 0.778. The molecule has 0 aliphatic carbocycles. The Balaban J connectivity index is 1.40. The van der Waals surface area contributed by atoms with Crippen molar-refractivity contribution in [2.75, 3.05) is 23.4 Å². The number of nitrogens with zero attached hydrogens (tertiary/aromatic N) is 1. The Kier molecular flexibility index (Phi) is 5.83. The lowest BCUT2D eigenvalue weighted by Gasteiger charge is -2.17. The third-order valence-electron chi connectivity index (χ3n) is 4.71. The van der Waals surface area contributed by atoms with Gasteiger partial charge < -0.3 is 15.0 Å². The van der Waals surface area contributed by atoms with Crippen LogP contribution in [-0.4, -0.2) is 30.9 Å². The van der Waals surface area contributed by atoms with Gasteiger partial charge in [0, 0.05) is 12.2 Å². The van der Waals surface area contributed by atoms with E-state index in [9.17, 15) is 14.4 Å². The van der Waals surface area contributed by atoms with Crippen molar-refractivity contribution in [2.45, 2.75) is 6.42 Å². The van der Waals surface area contributed by atoms with Crippen molar-refractivity contribution >= 4 is 52.1 Å². The van der Waals surface area contributed by atoms with Crippen LogP contribution in [0.2, 0.25) is 5.02 Å². The highest BCUT2D eigenvalue weighted by Crippen LogP contribution is 2.28. The molecule has 30 heavy (non-hydrogen) atoms. The van der Waals surface area contributed by atoms with E-state index >= 15 is 0 Å². The number of fused-ring (bicyclic) bond motifs is 1. The van der Waals surface area contributed by atoms with Gasteiger partial charge in [-0.05, 0) is 47.7 Å². The highest BCUT2D eigenvalue weighted by atomic mass is 35.5. The molecule has 1 aromatic heterocycles. The van der Waals surface area contributed by atoms with E-state index in [4.69, 9.17) is 16.3 Å². The molecule has 2 aromatic carbocycles. The fourth-order valence-electron chi connectivity index (χ4n) is 3.23. The van der Waals surface area contributed by atoms with Crippen LogP contribution in [0, 0.1) is 0 Å². The van der Waals surface area contributed by atoms with Crippen LogP contribution in [0.3, 0.4) is 0 Å². The SMILES string of the molecule is O=C(OCC(=O)N1CCc2ccccc21)c1ccc(Cl)c(NC(=O)c2cccs2)c1. The van der Waals surface area contributed by atoms with Gasteiger partial charge in [0.25, 0.3) is 11.8 Å². The molecule has 2 heterocycles. The summed E-state index contributed by atoms with van der Waals surface area (Å²) in [4.78, 5) is 39.3. The standard InChI is InChI=1S/C22H17ClN2O4S/c23-16-8-7-15(12-17(16)24-21(27)19-6-3-11-30-19)22(28)29-13-20(26)25-10-9-14-4-1-2-5-18(14)25/h1-8,11-12H,9-10,13H2,(H,24,27). The van der Waals surface area contributed by atoms with E-state index in [2.05, 4.69) is 5.32 Å². The average Bonchev–Trinajstić information content (AvgIpc) is 3.43. The second-order valence-electron chi connectivity index (χ2n) is 6.63. The van der Waals surface area contributed by atoms with E-state index in [0.29, 0.717) is 22.1 Å². The highest BCUT2D eigenvalue weighted by Gasteiger charge is 2.25. The largest absolute Gasteiger partial charge is 0.452 e. The maximum Gasteiger partial charge on any atom is 0.338 e. The first kappa shape index (κ1) is 20.1. The fraction of sp³-hybridized carbons (Fsp3) is 0.136. The molecule has 0 saturated heterocycles. The lowest BCUT2D eigenvalue weighted by molar-refractivity contribution is -0.121. The zero-order valence-corrected chi connectivity index (χ0v) is 17.3. The number of carbonyl (C=O) groups is 3. The van der Waals surface area contributed by atoms with Gasteiger partial charge in [-0.1, -0.05) is 35.9 Å². The van der Waals surface area contributed by atoms with Crippen molar-refractivity contribution in [3.63, 3.8) is 0 Å². The second kappa shape index (κ2) is 8.69. The molecule has 152 valence electrons. The molecular weight excluding hydrogens is 424 g/mol. The number of hydrogen-bond acceptors (Lipinski definition) is 5. The minimum Gasteiger partial charge on any atom is -0.452 e. The molecule has 8 heteroatoms. The number of rotatable bonds is 5. The molecule has 1 aliphatic rings. The highest BCUT2D eigenvalue weighted by molar-refractivity contribution is 7.12. The summed E-state index contributed by atoms with van der Waals surface area (Å²) in [6, 6.07) is 15.5. The number of para-hydroxylation sites is 1. The number of ether oxygens (including phenoxy) is 1. The van der Waals surface area contributed by atoms with E-state index in [1.807, 2.05) is 24.3 Å². The second-order valence-corrected chi connectivity index (χ2v) is 7.98. The molecule has 0 bridgehead atoms. The molecule has 0 spiro atoms. The first-order valence-corrected chi connectivity index (χ1v) is 10.5. The minimum atomic E-state index is -0.667. The van der Waals surface area contributed by atoms with Crippen LogP contribution in [0.1, 0.15) is 25.6 Å². The van der Waals surface area contributed by atoms with Crippen molar-refractivity contribution in [1.82, 2.24) is 0 Å². The summed E-state index contributed by atoms with van der Waals surface area (Å²) in [7, 11) is 0. The monoisotopic (exact) mass is 440 g/mol. The molecule has 4 rings (SSSR count). The maximum atomic E-state index is 12.5. The van der Waals surface area contributed by atoms with Gasteiger partial charge in [-0.25, -0.2) is 4.79 Å². The molecule has 0 radical (unpaired) electrons. The molecule has 0 fully saturated rings. The number of halogens is 1. The van der Waals surface area contributed by atoms with E-state index in [-0.39, 0.29) is 24.0 Å².